The van der Waals surface area contributed by atoms with Gasteiger partial charge in [-0.1, -0.05) is 11.4 Å². The van der Waals surface area contributed by atoms with Gasteiger partial charge in [0, 0.05) is 0 Å². The zero-order valence-electron chi connectivity index (χ0n) is 7.53. The van der Waals surface area contributed by atoms with Crippen LogP contribution in [-0.4, -0.2) is 22.1 Å². The van der Waals surface area contributed by atoms with E-state index in [4.69, 9.17) is 4.84 Å². The first kappa shape index (κ1) is 10.1. The Morgan fingerprint density at radius 1 is 1.62 bits per heavy atom. The Morgan fingerprint density at radius 3 is 3.00 bits per heavy atom. The number of aryl methyl sites for hydroxylation is 1. The Balaban J connectivity index is 2.65. The molecule has 0 saturated carbocycles. The molecule has 72 valence electrons. The molecule has 0 bridgehead atoms. The van der Waals surface area contributed by atoms with E-state index in [1.807, 2.05) is 6.92 Å². The molecule has 1 aromatic rings. The van der Waals surface area contributed by atoms with Crippen LogP contribution < -0.4 is 5.48 Å². The van der Waals surface area contributed by atoms with E-state index >= 15 is 0 Å². The first-order chi connectivity index (χ1) is 6.29. The minimum absolute atomic E-state index is 0.270. The zero-order chi connectivity index (χ0) is 9.68. The van der Waals surface area contributed by atoms with Gasteiger partial charge in [-0.05, 0) is 24.9 Å². The third-order valence-corrected chi connectivity index (χ3v) is 2.17. The summed E-state index contributed by atoms with van der Waals surface area (Å²) in [7, 11) is 0. The third-order valence-electron chi connectivity index (χ3n) is 1.41. The fourth-order valence-electron chi connectivity index (χ4n) is 0.796. The molecule has 0 aromatic carbocycles. The standard InChI is InChI=1S/C7H11N3O2S/c1-3-5-6(13-10-8-5)7(11)9-12-4-2/h3-4H2,1-2H3,(H,9,11). The molecule has 0 unspecified atom stereocenters. The van der Waals surface area contributed by atoms with E-state index in [1.165, 1.54) is 0 Å². The number of hydrogen-bond acceptors (Lipinski definition) is 5. The quantitative estimate of drug-likeness (QED) is 0.731. The summed E-state index contributed by atoms with van der Waals surface area (Å²) < 4.78 is 3.70. The van der Waals surface area contributed by atoms with Gasteiger partial charge in [0.25, 0.3) is 5.91 Å². The first-order valence-corrected chi connectivity index (χ1v) is 4.80. The molecular weight excluding hydrogens is 190 g/mol. The van der Waals surface area contributed by atoms with Crippen LogP contribution in [0.15, 0.2) is 0 Å². The molecule has 1 amide bonds. The average Bonchev–Trinajstić information content (AvgIpc) is 2.61. The monoisotopic (exact) mass is 201 g/mol. The molecule has 0 saturated heterocycles. The molecule has 13 heavy (non-hydrogen) atoms. The van der Waals surface area contributed by atoms with Crippen LogP contribution in [0, 0.1) is 0 Å². The summed E-state index contributed by atoms with van der Waals surface area (Å²) in [6, 6.07) is 0. The summed E-state index contributed by atoms with van der Waals surface area (Å²) in [6.45, 7) is 4.17. The highest BCUT2D eigenvalue weighted by molar-refractivity contribution is 7.07. The van der Waals surface area contributed by atoms with Crippen LogP contribution in [0.3, 0.4) is 0 Å². The van der Waals surface area contributed by atoms with Crippen molar-refractivity contribution in [3.63, 3.8) is 0 Å². The van der Waals surface area contributed by atoms with Crippen molar-refractivity contribution >= 4 is 17.4 Å². The van der Waals surface area contributed by atoms with Crippen LogP contribution in [-0.2, 0) is 11.3 Å². The van der Waals surface area contributed by atoms with Crippen LogP contribution >= 0.6 is 11.5 Å². The molecule has 5 nitrogen and oxygen atoms in total. The Kier molecular flexibility index (Phi) is 3.78. The second-order valence-corrected chi connectivity index (χ2v) is 3.02. The van der Waals surface area contributed by atoms with Gasteiger partial charge in [0.1, 0.15) is 4.88 Å². The number of hydrogen-bond donors (Lipinski definition) is 1. The number of hydroxylamine groups is 1. The van der Waals surface area contributed by atoms with E-state index in [-0.39, 0.29) is 5.91 Å². The van der Waals surface area contributed by atoms with Gasteiger partial charge >= 0.3 is 0 Å². The molecular formula is C7H11N3O2S. The molecule has 1 heterocycles. The summed E-state index contributed by atoms with van der Waals surface area (Å²) in [5.74, 6) is -0.270. The minimum atomic E-state index is -0.270. The Morgan fingerprint density at radius 2 is 2.38 bits per heavy atom. The SMILES string of the molecule is CCONC(=O)c1snnc1CC. The number of aromatic nitrogens is 2. The molecule has 1 rings (SSSR count). The maximum absolute atomic E-state index is 11.3. The van der Waals surface area contributed by atoms with Gasteiger partial charge in [-0.15, -0.1) is 5.10 Å². The van der Waals surface area contributed by atoms with Gasteiger partial charge in [-0.3, -0.25) is 9.63 Å². The van der Waals surface area contributed by atoms with Crippen molar-refractivity contribution < 1.29 is 9.63 Å². The van der Waals surface area contributed by atoms with E-state index in [0.717, 1.165) is 11.5 Å². The third kappa shape index (κ3) is 2.46. The maximum atomic E-state index is 11.3. The Hall–Kier alpha value is -1.01. The topological polar surface area (TPSA) is 64.1 Å². The highest BCUT2D eigenvalue weighted by Crippen LogP contribution is 2.10. The average molecular weight is 201 g/mol. The van der Waals surface area contributed by atoms with Crippen molar-refractivity contribution in [2.45, 2.75) is 20.3 Å². The number of nitrogens with one attached hydrogen (secondary N) is 1. The Labute approximate surface area is 80.2 Å². The number of rotatable bonds is 4. The van der Waals surface area contributed by atoms with Crippen molar-refractivity contribution in [2.75, 3.05) is 6.61 Å². The van der Waals surface area contributed by atoms with Gasteiger partial charge in [-0.25, -0.2) is 5.48 Å². The van der Waals surface area contributed by atoms with Crippen molar-refractivity contribution in [1.82, 2.24) is 15.1 Å². The highest BCUT2D eigenvalue weighted by Gasteiger charge is 2.14. The fraction of sp³-hybridized carbons (Fsp3) is 0.571. The van der Waals surface area contributed by atoms with E-state index in [1.54, 1.807) is 6.92 Å². The summed E-state index contributed by atoms with van der Waals surface area (Å²) in [4.78, 5) is 16.6. The highest BCUT2D eigenvalue weighted by atomic mass is 32.1. The zero-order valence-corrected chi connectivity index (χ0v) is 8.35. The van der Waals surface area contributed by atoms with E-state index < -0.39 is 0 Å². The van der Waals surface area contributed by atoms with Crippen LogP contribution in [0.25, 0.3) is 0 Å². The molecule has 1 aromatic heterocycles. The molecule has 0 fully saturated rings. The summed E-state index contributed by atoms with van der Waals surface area (Å²) >= 11 is 1.08. The van der Waals surface area contributed by atoms with Crippen LogP contribution in [0.4, 0.5) is 0 Å². The normalized spacial score (nSPS) is 10.0. The summed E-state index contributed by atoms with van der Waals surface area (Å²) in [5.41, 5.74) is 3.01. The molecule has 1 N–H and O–H groups in total. The van der Waals surface area contributed by atoms with Crippen LogP contribution in [0.1, 0.15) is 29.2 Å². The summed E-state index contributed by atoms with van der Waals surface area (Å²) in [6.07, 6.45) is 0.700. The molecule has 6 heteroatoms. The maximum Gasteiger partial charge on any atom is 0.288 e. The van der Waals surface area contributed by atoms with Crippen molar-refractivity contribution in [2.24, 2.45) is 0 Å². The van der Waals surface area contributed by atoms with Gasteiger partial charge in [0.2, 0.25) is 0 Å². The number of nitrogens with zero attached hydrogens (tertiary/aromatic N) is 2. The van der Waals surface area contributed by atoms with Crippen molar-refractivity contribution in [1.29, 1.82) is 0 Å². The number of carbonyl (C=O) groups excluding carboxylic acids is 1. The van der Waals surface area contributed by atoms with Crippen molar-refractivity contribution in [3.05, 3.63) is 10.6 Å². The lowest BCUT2D eigenvalue weighted by Gasteiger charge is -2.00. The smallest absolute Gasteiger partial charge is 0.274 e. The molecule has 0 atom stereocenters. The lowest BCUT2D eigenvalue weighted by Crippen LogP contribution is -2.23. The lowest BCUT2D eigenvalue weighted by atomic mass is 10.3. The van der Waals surface area contributed by atoms with Crippen LogP contribution in [0.2, 0.25) is 0 Å². The van der Waals surface area contributed by atoms with E-state index in [0.29, 0.717) is 23.6 Å². The summed E-state index contributed by atoms with van der Waals surface area (Å²) in [5, 5.41) is 3.82. The predicted octanol–water partition coefficient (Wildman–Crippen LogP) is 0.782. The van der Waals surface area contributed by atoms with E-state index in [2.05, 4.69) is 15.1 Å². The van der Waals surface area contributed by atoms with Crippen molar-refractivity contribution in [3.8, 4) is 0 Å². The largest absolute Gasteiger partial charge is 0.288 e. The molecule has 0 aliphatic carbocycles. The van der Waals surface area contributed by atoms with Gasteiger partial charge in [-0.2, -0.15) is 0 Å². The Bertz CT molecular complexity index is 287. The number of amides is 1. The second kappa shape index (κ2) is 4.88. The first-order valence-electron chi connectivity index (χ1n) is 4.02. The van der Waals surface area contributed by atoms with E-state index in [9.17, 15) is 4.79 Å². The second-order valence-electron chi connectivity index (χ2n) is 2.27. The predicted molar refractivity (Wildman–Crippen MR) is 48.4 cm³/mol. The number of carbonyl (C=O) groups is 1. The molecule has 0 aliphatic heterocycles. The molecule has 0 radical (unpaired) electrons. The lowest BCUT2D eigenvalue weighted by molar-refractivity contribution is 0.0367. The molecule has 0 aliphatic rings. The molecule has 0 spiro atoms. The van der Waals surface area contributed by atoms with Gasteiger partial charge in [0.15, 0.2) is 0 Å². The van der Waals surface area contributed by atoms with Crippen LogP contribution in [0.5, 0.6) is 0 Å². The van der Waals surface area contributed by atoms with Gasteiger partial charge in [0.05, 0.1) is 12.3 Å². The minimum Gasteiger partial charge on any atom is -0.274 e. The van der Waals surface area contributed by atoms with Gasteiger partial charge < -0.3 is 0 Å². The fourth-order valence-corrected chi connectivity index (χ4v) is 1.43.